The van der Waals surface area contributed by atoms with Crippen LogP contribution in [0, 0.1) is 6.92 Å². The van der Waals surface area contributed by atoms with Gasteiger partial charge in [0.2, 0.25) is 0 Å². The third kappa shape index (κ3) is 6.10. The number of fused-ring (bicyclic) bond motifs is 2. The molecule has 0 saturated carbocycles. The van der Waals surface area contributed by atoms with Gasteiger partial charge in [-0.25, -0.2) is 4.79 Å². The minimum Gasteiger partial charge on any atom is -0.342 e. The molecule has 0 unspecified atom stereocenters. The molecule has 0 aliphatic carbocycles. The summed E-state index contributed by atoms with van der Waals surface area (Å²) in [5, 5.41) is 8.59. The monoisotopic (exact) mass is 600 g/mol. The molecule has 0 spiro atoms. The maximum absolute atomic E-state index is 15.2. The summed E-state index contributed by atoms with van der Waals surface area (Å²) in [5.41, 5.74) is 6.38. The minimum absolute atomic E-state index is 0.0101. The molecule has 5 aromatic rings. The zero-order valence-corrected chi connectivity index (χ0v) is 26.1. The lowest BCUT2D eigenvalue weighted by molar-refractivity contribution is -0.157. The van der Waals surface area contributed by atoms with Crippen molar-refractivity contribution < 1.29 is 14.3 Å². The highest BCUT2D eigenvalue weighted by Crippen LogP contribution is 2.40. The summed E-state index contributed by atoms with van der Waals surface area (Å²) in [7, 11) is 0. The predicted molar refractivity (Wildman–Crippen MR) is 175 cm³/mol. The average molecular weight is 601 g/mol. The topological polar surface area (TPSA) is 70.7 Å². The summed E-state index contributed by atoms with van der Waals surface area (Å²) in [6, 6.07) is 36.8. The molecular formula is C38H40N4O3. The molecule has 2 aliphatic rings. The van der Waals surface area contributed by atoms with Crippen LogP contribution in [0.3, 0.4) is 0 Å². The number of nitrogens with one attached hydrogen (secondary N) is 1. The van der Waals surface area contributed by atoms with Gasteiger partial charge in [0.25, 0.3) is 0 Å². The van der Waals surface area contributed by atoms with Gasteiger partial charge in [0.05, 0.1) is 17.6 Å². The molecule has 0 bridgehead atoms. The smallest absolute Gasteiger partial charge is 0.321 e. The van der Waals surface area contributed by atoms with Crippen molar-refractivity contribution >= 4 is 16.9 Å². The van der Waals surface area contributed by atoms with E-state index in [-0.39, 0.29) is 30.3 Å². The number of hydrogen-bond acceptors (Lipinski definition) is 4. The molecule has 2 amide bonds. The normalized spacial score (nSPS) is 22.9. The van der Waals surface area contributed by atoms with Crippen LogP contribution in [0.1, 0.15) is 41.8 Å². The van der Waals surface area contributed by atoms with Crippen LogP contribution in [0.25, 0.3) is 10.9 Å². The fraction of sp³-hybridized carbons (Fsp3) is 0.316. The molecule has 7 nitrogen and oxygen atoms in total. The molecule has 3 heterocycles. The van der Waals surface area contributed by atoms with Gasteiger partial charge >= 0.3 is 6.03 Å². The number of aromatic nitrogens is 2. The van der Waals surface area contributed by atoms with Gasteiger partial charge in [0.1, 0.15) is 12.2 Å². The highest BCUT2D eigenvalue weighted by atomic mass is 16.8. The predicted octanol–water partition coefficient (Wildman–Crippen LogP) is 7.05. The Balaban J connectivity index is 1.36. The number of carbonyl (C=O) groups excluding carboxylic acids is 1. The zero-order chi connectivity index (χ0) is 31.0. The van der Waals surface area contributed by atoms with Gasteiger partial charge in [0, 0.05) is 24.2 Å². The molecule has 230 valence electrons. The molecule has 2 aliphatic heterocycles. The third-order valence-electron chi connectivity index (χ3n) is 9.15. The van der Waals surface area contributed by atoms with E-state index in [1.807, 2.05) is 67.0 Å². The molecule has 1 aromatic heterocycles. The van der Waals surface area contributed by atoms with Crippen molar-refractivity contribution in [2.24, 2.45) is 0 Å². The van der Waals surface area contributed by atoms with Gasteiger partial charge < -0.3 is 19.3 Å². The summed E-state index contributed by atoms with van der Waals surface area (Å²) in [5.74, 6) is -0.795. The fourth-order valence-electron chi connectivity index (χ4n) is 7.01. The number of urea groups is 1. The van der Waals surface area contributed by atoms with Crippen LogP contribution in [-0.2, 0) is 35.4 Å². The lowest BCUT2D eigenvalue weighted by Gasteiger charge is -2.37. The quantitative estimate of drug-likeness (QED) is 0.207. The van der Waals surface area contributed by atoms with Crippen LogP contribution in [0.4, 0.5) is 4.79 Å². The fourth-order valence-corrected chi connectivity index (χ4v) is 7.01. The molecule has 45 heavy (non-hydrogen) atoms. The number of rotatable bonds is 8. The SMILES string of the molecule is Cc1[nH]nc2ccc(CN3C(=O)N(Cc4ccccc4)[C@H](Cc4ccccc4)[C@@H]4OC(C)(C)O[C@H]4[C@H]3Cc3ccccc3)cc12. The van der Waals surface area contributed by atoms with Crippen LogP contribution < -0.4 is 0 Å². The Morgan fingerprint density at radius 3 is 1.71 bits per heavy atom. The van der Waals surface area contributed by atoms with Crippen LogP contribution in [0.5, 0.6) is 0 Å². The van der Waals surface area contributed by atoms with Crippen molar-refractivity contribution in [1.82, 2.24) is 20.0 Å². The lowest BCUT2D eigenvalue weighted by Crippen LogP contribution is -2.51. The first-order valence-corrected chi connectivity index (χ1v) is 15.8. The molecule has 2 fully saturated rings. The molecule has 7 rings (SSSR count). The average Bonchev–Trinajstić information content (AvgIpc) is 3.57. The van der Waals surface area contributed by atoms with Crippen molar-refractivity contribution in [3.8, 4) is 0 Å². The van der Waals surface area contributed by atoms with E-state index in [0.717, 1.165) is 38.9 Å². The molecule has 7 heteroatoms. The standard InChI is InChI=1S/C38H40N4O3/c1-26-31-21-30(19-20-32(31)40-39-26)25-42-34(23-28-15-9-5-10-16-28)36-35(44-38(2,3)45-36)33(22-27-13-7-4-8-14-27)41(37(42)43)24-29-17-11-6-12-18-29/h4-21,33-36H,22-25H2,1-3H3,(H,39,40)/t33-,34-,35+,36+/m1/s1. The van der Waals surface area contributed by atoms with Gasteiger partial charge in [-0.1, -0.05) is 97.1 Å². The summed E-state index contributed by atoms with van der Waals surface area (Å²) in [6.45, 7) is 6.92. The van der Waals surface area contributed by atoms with Crippen molar-refractivity contribution in [2.45, 2.75) is 76.8 Å². The number of aromatic amines is 1. The van der Waals surface area contributed by atoms with E-state index in [0.29, 0.717) is 25.9 Å². The molecule has 2 saturated heterocycles. The largest absolute Gasteiger partial charge is 0.342 e. The first kappa shape index (κ1) is 29.3. The van der Waals surface area contributed by atoms with Crippen LogP contribution in [0.2, 0.25) is 0 Å². The van der Waals surface area contributed by atoms with E-state index < -0.39 is 5.79 Å². The highest BCUT2D eigenvalue weighted by Gasteiger charge is 2.55. The number of carbonyl (C=O) groups is 1. The Kier molecular flexibility index (Phi) is 7.90. The van der Waals surface area contributed by atoms with E-state index in [2.05, 4.69) is 83.0 Å². The molecule has 0 radical (unpaired) electrons. The Morgan fingerprint density at radius 2 is 1.18 bits per heavy atom. The summed E-state index contributed by atoms with van der Waals surface area (Å²) < 4.78 is 13.6. The molecular weight excluding hydrogens is 560 g/mol. The van der Waals surface area contributed by atoms with Gasteiger partial charge in [-0.05, 0) is 68.0 Å². The minimum atomic E-state index is -0.795. The van der Waals surface area contributed by atoms with Gasteiger partial charge in [-0.3, -0.25) is 5.10 Å². The summed E-state index contributed by atoms with van der Waals surface area (Å²) in [6.07, 6.45) is 0.645. The van der Waals surface area contributed by atoms with Crippen molar-refractivity contribution in [2.75, 3.05) is 0 Å². The van der Waals surface area contributed by atoms with E-state index >= 15 is 4.79 Å². The van der Waals surface area contributed by atoms with Crippen molar-refractivity contribution in [1.29, 1.82) is 0 Å². The molecule has 4 aromatic carbocycles. The highest BCUT2D eigenvalue weighted by molar-refractivity contribution is 5.82. The summed E-state index contributed by atoms with van der Waals surface area (Å²) >= 11 is 0. The van der Waals surface area contributed by atoms with Crippen LogP contribution >= 0.6 is 0 Å². The first-order valence-electron chi connectivity index (χ1n) is 15.8. The Labute approximate surface area is 264 Å². The molecule has 4 atom stereocenters. The number of hydrogen-bond donors (Lipinski definition) is 1. The number of benzene rings is 4. The Morgan fingerprint density at radius 1 is 0.689 bits per heavy atom. The number of H-pyrrole nitrogens is 1. The second-order valence-electron chi connectivity index (χ2n) is 12.8. The lowest BCUT2D eigenvalue weighted by atomic mass is 9.91. The number of nitrogens with zero attached hydrogens (tertiary/aromatic N) is 3. The maximum atomic E-state index is 15.2. The Bertz CT molecular complexity index is 1760. The van der Waals surface area contributed by atoms with Crippen molar-refractivity contribution in [3.05, 3.63) is 137 Å². The zero-order valence-electron chi connectivity index (χ0n) is 26.1. The number of amides is 2. The van der Waals surface area contributed by atoms with Crippen LogP contribution in [-0.4, -0.2) is 56.1 Å². The molecule has 1 N–H and O–H groups in total. The van der Waals surface area contributed by atoms with E-state index in [4.69, 9.17) is 9.47 Å². The Hall–Kier alpha value is -4.46. The third-order valence-corrected chi connectivity index (χ3v) is 9.15. The second-order valence-corrected chi connectivity index (χ2v) is 12.8. The van der Waals surface area contributed by atoms with Crippen molar-refractivity contribution in [3.63, 3.8) is 0 Å². The van der Waals surface area contributed by atoms with Gasteiger partial charge in [0.15, 0.2) is 5.79 Å². The number of ether oxygens (including phenoxy) is 2. The van der Waals surface area contributed by atoms with Crippen LogP contribution in [0.15, 0.2) is 109 Å². The van der Waals surface area contributed by atoms with E-state index in [1.165, 1.54) is 0 Å². The summed E-state index contributed by atoms with van der Waals surface area (Å²) in [4.78, 5) is 19.2. The van der Waals surface area contributed by atoms with Gasteiger partial charge in [-0.2, -0.15) is 5.10 Å². The first-order chi connectivity index (χ1) is 21.8. The van der Waals surface area contributed by atoms with E-state index in [1.54, 1.807) is 0 Å². The van der Waals surface area contributed by atoms with Gasteiger partial charge in [-0.15, -0.1) is 0 Å². The van der Waals surface area contributed by atoms with E-state index in [9.17, 15) is 0 Å². The maximum Gasteiger partial charge on any atom is 0.321 e. The number of aryl methyl sites for hydroxylation is 1. The second kappa shape index (κ2) is 12.1.